The molecule has 0 atom stereocenters. The van der Waals surface area contributed by atoms with Gasteiger partial charge in [-0.2, -0.15) is 0 Å². The molecule has 0 saturated carbocycles. The number of rotatable bonds is 3. The molecule has 4 nitrogen and oxygen atoms in total. The zero-order valence-electron chi connectivity index (χ0n) is 13.3. The lowest BCUT2D eigenvalue weighted by atomic mass is 10.1. The van der Waals surface area contributed by atoms with Gasteiger partial charge in [-0.15, -0.1) is 0 Å². The van der Waals surface area contributed by atoms with Gasteiger partial charge in [-0.25, -0.2) is 9.29 Å². The SMILES string of the molecule is CN(C)c1ccc(/C=C2\NC(=S)N(c3ccccc3F)C2=O)cc1. The summed E-state index contributed by atoms with van der Waals surface area (Å²) < 4.78 is 14.0. The average molecular weight is 341 g/mol. The largest absolute Gasteiger partial charge is 0.378 e. The molecule has 0 bridgehead atoms. The molecule has 1 N–H and O–H groups in total. The van der Waals surface area contributed by atoms with Crippen LogP contribution in [0.5, 0.6) is 0 Å². The number of benzene rings is 2. The van der Waals surface area contributed by atoms with Gasteiger partial charge in [0.15, 0.2) is 5.11 Å². The monoisotopic (exact) mass is 341 g/mol. The van der Waals surface area contributed by atoms with E-state index in [0.29, 0.717) is 5.70 Å². The number of para-hydroxylation sites is 1. The van der Waals surface area contributed by atoms with Crippen LogP contribution in [-0.4, -0.2) is 25.1 Å². The number of hydrogen-bond donors (Lipinski definition) is 1. The predicted molar refractivity (Wildman–Crippen MR) is 98.4 cm³/mol. The first kappa shape index (κ1) is 16.1. The molecule has 0 spiro atoms. The lowest BCUT2D eigenvalue weighted by Crippen LogP contribution is -2.31. The predicted octanol–water partition coefficient (Wildman–Crippen LogP) is 3.15. The third kappa shape index (κ3) is 3.00. The summed E-state index contributed by atoms with van der Waals surface area (Å²) in [5, 5.41) is 3.02. The second-order valence-corrected chi connectivity index (χ2v) is 5.95. The Balaban J connectivity index is 1.90. The maximum Gasteiger partial charge on any atom is 0.281 e. The fourth-order valence-electron chi connectivity index (χ4n) is 2.42. The normalized spacial score (nSPS) is 15.8. The standard InChI is InChI=1S/C18H16FN3OS/c1-21(2)13-9-7-12(8-10-13)11-15-17(23)22(18(24)20-15)16-6-4-3-5-14(16)19/h3-11H,1-2H3,(H,20,24)/b15-11-. The molecule has 0 radical (unpaired) electrons. The molecule has 2 aromatic rings. The molecular formula is C18H16FN3OS. The number of nitrogens with one attached hydrogen (secondary N) is 1. The Bertz CT molecular complexity index is 830. The summed E-state index contributed by atoms with van der Waals surface area (Å²) in [7, 11) is 3.92. The number of anilines is 2. The quantitative estimate of drug-likeness (QED) is 0.687. The summed E-state index contributed by atoms with van der Waals surface area (Å²) in [6.07, 6.45) is 1.70. The molecule has 0 aromatic heterocycles. The maximum absolute atomic E-state index is 14.0. The lowest BCUT2D eigenvalue weighted by molar-refractivity contribution is -0.113. The Kier molecular flexibility index (Phi) is 4.31. The summed E-state index contributed by atoms with van der Waals surface area (Å²) in [5.41, 5.74) is 2.38. The van der Waals surface area contributed by atoms with Gasteiger partial charge in [0.2, 0.25) is 0 Å². The smallest absolute Gasteiger partial charge is 0.281 e. The van der Waals surface area contributed by atoms with Crippen LogP contribution in [-0.2, 0) is 4.79 Å². The van der Waals surface area contributed by atoms with E-state index in [1.807, 2.05) is 43.3 Å². The first-order chi connectivity index (χ1) is 11.5. The number of carbonyl (C=O) groups is 1. The fraction of sp³-hybridized carbons (Fsp3) is 0.111. The van der Waals surface area contributed by atoms with Crippen molar-refractivity contribution in [3.63, 3.8) is 0 Å². The van der Waals surface area contributed by atoms with Crippen LogP contribution in [0.3, 0.4) is 0 Å². The number of nitrogens with zero attached hydrogens (tertiary/aromatic N) is 2. The topological polar surface area (TPSA) is 35.6 Å². The molecule has 122 valence electrons. The van der Waals surface area contributed by atoms with Crippen LogP contribution in [0.1, 0.15) is 5.56 Å². The van der Waals surface area contributed by atoms with Crippen molar-refractivity contribution in [2.75, 3.05) is 23.9 Å². The van der Waals surface area contributed by atoms with Gasteiger partial charge in [-0.1, -0.05) is 24.3 Å². The molecule has 0 aliphatic carbocycles. The molecule has 2 aromatic carbocycles. The van der Waals surface area contributed by atoms with Gasteiger partial charge in [0.05, 0.1) is 5.69 Å². The third-order valence-corrected chi connectivity index (χ3v) is 3.98. The van der Waals surface area contributed by atoms with Crippen molar-refractivity contribution in [2.24, 2.45) is 0 Å². The fourth-order valence-corrected chi connectivity index (χ4v) is 2.71. The van der Waals surface area contributed by atoms with Gasteiger partial charge >= 0.3 is 0 Å². The number of amides is 1. The average Bonchev–Trinajstić information content (AvgIpc) is 2.83. The van der Waals surface area contributed by atoms with E-state index in [9.17, 15) is 9.18 Å². The minimum Gasteiger partial charge on any atom is -0.378 e. The van der Waals surface area contributed by atoms with Crippen LogP contribution in [0.15, 0.2) is 54.2 Å². The minimum atomic E-state index is -0.494. The summed E-state index contributed by atoms with van der Waals surface area (Å²) in [6.45, 7) is 0. The van der Waals surface area contributed by atoms with Crippen LogP contribution in [0, 0.1) is 5.82 Å². The van der Waals surface area contributed by atoms with Crippen molar-refractivity contribution in [3.05, 3.63) is 65.6 Å². The second-order valence-electron chi connectivity index (χ2n) is 5.57. The van der Waals surface area contributed by atoms with Gasteiger partial charge in [-0.05, 0) is 48.1 Å². The first-order valence-corrected chi connectivity index (χ1v) is 7.77. The Morgan fingerprint density at radius 1 is 1.12 bits per heavy atom. The number of carbonyl (C=O) groups excluding carboxylic acids is 1. The van der Waals surface area contributed by atoms with Crippen molar-refractivity contribution < 1.29 is 9.18 Å². The van der Waals surface area contributed by atoms with Crippen molar-refractivity contribution in [1.82, 2.24) is 5.32 Å². The molecule has 3 rings (SSSR count). The van der Waals surface area contributed by atoms with Gasteiger partial charge in [0, 0.05) is 19.8 Å². The number of hydrogen-bond acceptors (Lipinski definition) is 3. The molecule has 1 heterocycles. The minimum absolute atomic E-state index is 0.145. The van der Waals surface area contributed by atoms with E-state index in [1.54, 1.807) is 18.2 Å². The highest BCUT2D eigenvalue weighted by atomic mass is 32.1. The highest BCUT2D eigenvalue weighted by Crippen LogP contribution is 2.25. The Morgan fingerprint density at radius 2 is 1.79 bits per heavy atom. The Hall–Kier alpha value is -2.73. The summed E-state index contributed by atoms with van der Waals surface area (Å²) in [5.74, 6) is -0.867. The van der Waals surface area contributed by atoms with Gasteiger partial charge in [-0.3, -0.25) is 4.79 Å². The Morgan fingerprint density at radius 3 is 2.42 bits per heavy atom. The van der Waals surface area contributed by atoms with Crippen LogP contribution in [0.2, 0.25) is 0 Å². The highest BCUT2D eigenvalue weighted by Gasteiger charge is 2.33. The zero-order valence-corrected chi connectivity index (χ0v) is 14.1. The maximum atomic E-state index is 14.0. The zero-order chi connectivity index (χ0) is 17.3. The first-order valence-electron chi connectivity index (χ1n) is 7.36. The van der Waals surface area contributed by atoms with Crippen molar-refractivity contribution >= 4 is 40.7 Å². The number of thiocarbonyl (C=S) groups is 1. The van der Waals surface area contributed by atoms with E-state index in [4.69, 9.17) is 12.2 Å². The van der Waals surface area contributed by atoms with E-state index in [1.165, 1.54) is 17.0 Å². The lowest BCUT2D eigenvalue weighted by Gasteiger charge is -2.14. The molecule has 1 saturated heterocycles. The molecule has 24 heavy (non-hydrogen) atoms. The molecule has 6 heteroatoms. The molecule has 0 unspecified atom stereocenters. The van der Waals surface area contributed by atoms with E-state index in [0.717, 1.165) is 11.3 Å². The number of halogens is 1. The molecular weight excluding hydrogens is 325 g/mol. The van der Waals surface area contributed by atoms with Crippen molar-refractivity contribution in [1.29, 1.82) is 0 Å². The highest BCUT2D eigenvalue weighted by molar-refractivity contribution is 7.80. The van der Waals surface area contributed by atoms with E-state index >= 15 is 0 Å². The van der Waals surface area contributed by atoms with Crippen LogP contribution < -0.4 is 15.1 Å². The third-order valence-electron chi connectivity index (χ3n) is 3.69. The van der Waals surface area contributed by atoms with Crippen LogP contribution in [0.25, 0.3) is 6.08 Å². The van der Waals surface area contributed by atoms with Crippen molar-refractivity contribution in [3.8, 4) is 0 Å². The van der Waals surface area contributed by atoms with Gasteiger partial charge in [0.25, 0.3) is 5.91 Å². The van der Waals surface area contributed by atoms with Crippen molar-refractivity contribution in [2.45, 2.75) is 0 Å². The summed E-state index contributed by atoms with van der Waals surface area (Å²) in [4.78, 5) is 15.7. The second kappa shape index (κ2) is 6.41. The van der Waals surface area contributed by atoms with E-state index < -0.39 is 5.82 Å². The molecule has 1 fully saturated rings. The molecule has 1 amide bonds. The summed E-state index contributed by atoms with van der Waals surface area (Å²) in [6, 6.07) is 13.8. The summed E-state index contributed by atoms with van der Waals surface area (Å²) >= 11 is 5.19. The van der Waals surface area contributed by atoms with Gasteiger partial charge < -0.3 is 10.2 Å². The van der Waals surface area contributed by atoms with E-state index in [-0.39, 0.29) is 16.7 Å². The van der Waals surface area contributed by atoms with Gasteiger partial charge in [0.1, 0.15) is 11.5 Å². The van der Waals surface area contributed by atoms with Crippen LogP contribution in [0.4, 0.5) is 15.8 Å². The van der Waals surface area contributed by atoms with Crippen LogP contribution >= 0.6 is 12.2 Å². The Labute approximate surface area is 145 Å². The van der Waals surface area contributed by atoms with E-state index in [2.05, 4.69) is 5.32 Å². The molecule has 1 aliphatic rings. The molecule has 1 aliphatic heterocycles.